The van der Waals surface area contributed by atoms with E-state index in [1.165, 1.54) is 36.5 Å². The molecule has 1 atom stereocenters. The summed E-state index contributed by atoms with van der Waals surface area (Å²) >= 11 is 0. The highest BCUT2D eigenvalue weighted by Crippen LogP contribution is 2.34. The molecule has 38 heavy (non-hydrogen) atoms. The Morgan fingerprint density at radius 3 is 2.74 bits per heavy atom. The van der Waals surface area contributed by atoms with E-state index in [2.05, 4.69) is 15.3 Å². The summed E-state index contributed by atoms with van der Waals surface area (Å²) in [7, 11) is 1.31. The van der Waals surface area contributed by atoms with E-state index in [4.69, 9.17) is 15.6 Å². The second-order valence-corrected chi connectivity index (χ2v) is 8.98. The Hall–Kier alpha value is -4.74. The summed E-state index contributed by atoms with van der Waals surface area (Å²) in [5, 5.41) is 17.6. The van der Waals surface area contributed by atoms with Gasteiger partial charge < -0.3 is 25.8 Å². The first-order valence-corrected chi connectivity index (χ1v) is 12.0. The number of piperidine rings is 1. The predicted octanol–water partition coefficient (Wildman–Crippen LogP) is 3.47. The van der Waals surface area contributed by atoms with Gasteiger partial charge in [0.15, 0.2) is 17.2 Å². The first kappa shape index (κ1) is 24.9. The number of nitrogens with one attached hydrogen (secondary N) is 1. The van der Waals surface area contributed by atoms with Crippen molar-refractivity contribution >= 4 is 28.9 Å². The van der Waals surface area contributed by atoms with E-state index in [9.17, 15) is 19.1 Å². The minimum Gasteiger partial charge on any atom is -0.493 e. The van der Waals surface area contributed by atoms with Crippen molar-refractivity contribution in [1.82, 2.24) is 30.0 Å². The number of nitrogens with zero attached hydrogens (tertiary/aromatic N) is 5. The van der Waals surface area contributed by atoms with Crippen molar-refractivity contribution in [3.8, 4) is 17.0 Å². The number of methoxy groups -OCH3 is 1. The number of carboxylic acid groups (broad SMARTS) is 1. The zero-order valence-corrected chi connectivity index (χ0v) is 20.6. The van der Waals surface area contributed by atoms with Crippen LogP contribution >= 0.6 is 0 Å². The molecule has 2 amide bonds. The number of hydrogen-bond donors (Lipinski definition) is 3. The number of carbonyl (C=O) groups excluding carboxylic acids is 1. The number of rotatable bonds is 6. The molecule has 0 radical (unpaired) electrons. The van der Waals surface area contributed by atoms with Crippen LogP contribution in [0.25, 0.3) is 22.3 Å². The number of anilines is 1. The van der Waals surface area contributed by atoms with Crippen molar-refractivity contribution in [3.63, 3.8) is 0 Å². The van der Waals surface area contributed by atoms with E-state index in [0.717, 1.165) is 24.0 Å². The fourth-order valence-corrected chi connectivity index (χ4v) is 4.73. The zero-order chi connectivity index (χ0) is 26.8. The van der Waals surface area contributed by atoms with Crippen molar-refractivity contribution in [2.75, 3.05) is 25.9 Å². The lowest BCUT2D eigenvalue weighted by molar-refractivity contribution is 0.0946. The average molecular weight is 520 g/mol. The number of hydrogen-bond acceptors (Lipinski definition) is 7. The minimum absolute atomic E-state index is 0.105. The molecule has 1 fully saturated rings. The third-order valence-corrected chi connectivity index (χ3v) is 6.63. The minimum atomic E-state index is -0.959. The molecule has 12 heteroatoms. The summed E-state index contributed by atoms with van der Waals surface area (Å²) in [6.07, 6.45) is 1.89. The predicted molar refractivity (Wildman–Crippen MR) is 137 cm³/mol. The van der Waals surface area contributed by atoms with E-state index in [1.54, 1.807) is 4.68 Å². The SMILES string of the molecule is COc1c(F)cccc1C(=O)NCc1ccc(-c2nn([C@@H]3CCCN(C(=O)O)C3)c3ncnc(N)c23)cc1. The standard InChI is InChI=1S/C26H26FN7O4/c1-38-22-18(5-2-6-19(22)27)25(35)29-12-15-7-9-16(10-8-15)21-20-23(28)30-14-31-24(20)34(32-21)17-4-3-11-33(13-17)26(36)37/h2,5-10,14,17H,3-4,11-13H2,1H3,(H,29,35)(H,36,37)(H2,28,30,31)/t17-/m1/s1. The van der Waals surface area contributed by atoms with Gasteiger partial charge in [-0.2, -0.15) is 5.10 Å². The number of carbonyl (C=O) groups is 2. The van der Waals surface area contributed by atoms with Gasteiger partial charge in [-0.3, -0.25) is 4.79 Å². The van der Waals surface area contributed by atoms with Crippen molar-refractivity contribution < 1.29 is 23.8 Å². The number of fused-ring (bicyclic) bond motifs is 1. The molecule has 0 bridgehead atoms. The molecule has 1 aliphatic rings. The van der Waals surface area contributed by atoms with E-state index < -0.39 is 17.8 Å². The number of para-hydroxylation sites is 1. The van der Waals surface area contributed by atoms with Gasteiger partial charge in [0.1, 0.15) is 17.8 Å². The Kier molecular flexibility index (Phi) is 6.77. The maximum Gasteiger partial charge on any atom is 0.407 e. The summed E-state index contributed by atoms with van der Waals surface area (Å²) in [5.41, 5.74) is 9.05. The van der Waals surface area contributed by atoms with Crippen LogP contribution in [0.1, 0.15) is 34.8 Å². The van der Waals surface area contributed by atoms with E-state index in [1.807, 2.05) is 24.3 Å². The molecule has 4 N–H and O–H groups in total. The molecule has 2 aromatic heterocycles. The van der Waals surface area contributed by atoms with E-state index in [-0.39, 0.29) is 29.7 Å². The highest BCUT2D eigenvalue weighted by atomic mass is 19.1. The molecule has 11 nitrogen and oxygen atoms in total. The molecule has 196 valence electrons. The largest absolute Gasteiger partial charge is 0.493 e. The number of halogens is 1. The van der Waals surface area contributed by atoms with E-state index >= 15 is 0 Å². The first-order chi connectivity index (χ1) is 18.4. The maximum atomic E-state index is 13.9. The molecular weight excluding hydrogens is 493 g/mol. The number of aromatic nitrogens is 4. The highest BCUT2D eigenvalue weighted by Gasteiger charge is 2.28. The highest BCUT2D eigenvalue weighted by molar-refractivity contribution is 5.98. The third-order valence-electron chi connectivity index (χ3n) is 6.63. The Bertz CT molecular complexity index is 1510. The molecule has 0 saturated carbocycles. The van der Waals surface area contributed by atoms with Crippen LogP contribution in [0.15, 0.2) is 48.8 Å². The molecule has 1 saturated heterocycles. The Labute approximate surface area is 217 Å². The normalized spacial score (nSPS) is 15.4. The van der Waals surface area contributed by atoms with Gasteiger partial charge in [0.05, 0.1) is 24.1 Å². The number of likely N-dealkylation sites (tertiary alicyclic amines) is 1. The van der Waals surface area contributed by atoms with Gasteiger partial charge in [0.25, 0.3) is 5.91 Å². The maximum absolute atomic E-state index is 13.9. The lowest BCUT2D eigenvalue weighted by atomic mass is 10.1. The van der Waals surface area contributed by atoms with Gasteiger partial charge in [0, 0.05) is 25.2 Å². The average Bonchev–Trinajstić information content (AvgIpc) is 3.33. The number of nitrogen functional groups attached to an aromatic ring is 1. The van der Waals surface area contributed by atoms with Gasteiger partial charge in [-0.1, -0.05) is 30.3 Å². The molecule has 0 spiro atoms. The van der Waals surface area contributed by atoms with Gasteiger partial charge in [0.2, 0.25) is 0 Å². The van der Waals surface area contributed by atoms with Gasteiger partial charge >= 0.3 is 6.09 Å². The number of benzene rings is 2. The topological polar surface area (TPSA) is 148 Å². The fraction of sp³-hybridized carbons (Fsp3) is 0.269. The lowest BCUT2D eigenvalue weighted by Gasteiger charge is -2.30. The summed E-state index contributed by atoms with van der Waals surface area (Å²) < 4.78 is 20.7. The van der Waals surface area contributed by atoms with Crippen LogP contribution in [0.2, 0.25) is 0 Å². The summed E-state index contributed by atoms with van der Waals surface area (Å²) in [6, 6.07) is 11.4. The van der Waals surface area contributed by atoms with Crippen molar-refractivity contribution in [1.29, 1.82) is 0 Å². The molecule has 0 aliphatic carbocycles. The van der Waals surface area contributed by atoms with Crippen LogP contribution in [-0.2, 0) is 6.54 Å². The lowest BCUT2D eigenvalue weighted by Crippen LogP contribution is -2.40. The van der Waals surface area contributed by atoms with Crippen LogP contribution < -0.4 is 15.8 Å². The molecule has 0 unspecified atom stereocenters. The molecule has 3 heterocycles. The fourth-order valence-electron chi connectivity index (χ4n) is 4.73. The molecule has 5 rings (SSSR count). The smallest absolute Gasteiger partial charge is 0.407 e. The summed E-state index contributed by atoms with van der Waals surface area (Å²) in [6.45, 7) is 1.01. The van der Waals surface area contributed by atoms with Crippen LogP contribution in [0, 0.1) is 5.82 Å². The Morgan fingerprint density at radius 2 is 2.00 bits per heavy atom. The molecule has 2 aromatic carbocycles. The quantitative estimate of drug-likeness (QED) is 0.351. The molecule has 1 aliphatic heterocycles. The van der Waals surface area contributed by atoms with Gasteiger partial charge in [-0.15, -0.1) is 0 Å². The summed E-state index contributed by atoms with van der Waals surface area (Å²) in [4.78, 5) is 34.1. The Balaban J connectivity index is 1.39. The monoisotopic (exact) mass is 519 g/mol. The molecular formula is C26H26FN7O4. The number of ether oxygens (including phenoxy) is 1. The van der Waals surface area contributed by atoms with E-state index in [0.29, 0.717) is 29.8 Å². The van der Waals surface area contributed by atoms with Crippen molar-refractivity contribution in [2.45, 2.75) is 25.4 Å². The second kappa shape index (κ2) is 10.3. The second-order valence-electron chi connectivity index (χ2n) is 8.98. The van der Waals surface area contributed by atoms with Crippen LogP contribution in [-0.4, -0.2) is 62.0 Å². The first-order valence-electron chi connectivity index (χ1n) is 12.0. The number of nitrogens with two attached hydrogens (primary N) is 1. The summed E-state index contributed by atoms with van der Waals surface area (Å²) in [5.74, 6) is -0.888. The number of amides is 2. The Morgan fingerprint density at radius 1 is 1.21 bits per heavy atom. The van der Waals surface area contributed by atoms with Crippen molar-refractivity contribution in [3.05, 3.63) is 65.7 Å². The molecule has 4 aromatic rings. The van der Waals surface area contributed by atoms with Crippen molar-refractivity contribution in [2.24, 2.45) is 0 Å². The van der Waals surface area contributed by atoms with Crippen LogP contribution in [0.5, 0.6) is 5.75 Å². The van der Waals surface area contributed by atoms with Gasteiger partial charge in [-0.05, 0) is 30.5 Å². The van der Waals surface area contributed by atoms with Gasteiger partial charge in [-0.25, -0.2) is 23.8 Å². The third kappa shape index (κ3) is 4.67. The van der Waals surface area contributed by atoms with Crippen LogP contribution in [0.3, 0.4) is 0 Å². The van der Waals surface area contributed by atoms with Crippen LogP contribution in [0.4, 0.5) is 15.0 Å². The zero-order valence-electron chi connectivity index (χ0n) is 20.6.